The van der Waals surface area contributed by atoms with Crippen LogP contribution in [0, 0.1) is 6.92 Å². The van der Waals surface area contributed by atoms with E-state index in [1.807, 2.05) is 17.1 Å². The molecular formula is C14H23N5. The maximum absolute atomic E-state index is 4.40. The van der Waals surface area contributed by atoms with Crippen molar-refractivity contribution in [3.63, 3.8) is 0 Å². The summed E-state index contributed by atoms with van der Waals surface area (Å²) in [5, 5.41) is 12.2. The van der Waals surface area contributed by atoms with Gasteiger partial charge in [0.15, 0.2) is 0 Å². The van der Waals surface area contributed by atoms with E-state index in [0.29, 0.717) is 6.04 Å². The third-order valence-corrected chi connectivity index (χ3v) is 3.62. The minimum absolute atomic E-state index is 0.436. The van der Waals surface area contributed by atoms with Crippen molar-refractivity contribution >= 4 is 5.69 Å². The summed E-state index contributed by atoms with van der Waals surface area (Å²) in [6, 6.07) is 2.50. The van der Waals surface area contributed by atoms with Gasteiger partial charge >= 0.3 is 0 Å². The molecule has 0 aliphatic rings. The molecule has 0 bridgehead atoms. The summed E-state index contributed by atoms with van der Waals surface area (Å²) in [6.45, 7) is 10.2. The third kappa shape index (κ3) is 2.80. The molecule has 2 rings (SSSR count). The van der Waals surface area contributed by atoms with Crippen molar-refractivity contribution in [2.24, 2.45) is 0 Å². The summed E-state index contributed by atoms with van der Waals surface area (Å²) < 4.78 is 4.08. The third-order valence-electron chi connectivity index (χ3n) is 3.62. The molecule has 0 amide bonds. The lowest BCUT2D eigenvalue weighted by Crippen LogP contribution is -2.12. The van der Waals surface area contributed by atoms with Crippen LogP contribution in [0.2, 0.25) is 0 Å². The Hall–Kier alpha value is -1.78. The summed E-state index contributed by atoms with van der Waals surface area (Å²) in [4.78, 5) is 0. The summed E-state index contributed by atoms with van der Waals surface area (Å²) in [5.74, 6) is 0. The predicted octanol–water partition coefficient (Wildman–Crippen LogP) is 2.99. The van der Waals surface area contributed by atoms with Crippen LogP contribution in [0.4, 0.5) is 5.69 Å². The average molecular weight is 261 g/mol. The first-order valence-corrected chi connectivity index (χ1v) is 6.96. The van der Waals surface area contributed by atoms with Gasteiger partial charge in [-0.1, -0.05) is 6.92 Å². The van der Waals surface area contributed by atoms with E-state index >= 15 is 0 Å². The Balaban J connectivity index is 2.06. The zero-order valence-electron chi connectivity index (χ0n) is 12.2. The first-order valence-electron chi connectivity index (χ1n) is 6.96. The maximum Gasteiger partial charge on any atom is 0.0759 e. The van der Waals surface area contributed by atoms with E-state index < -0.39 is 0 Å². The zero-order chi connectivity index (χ0) is 13.8. The molecule has 5 nitrogen and oxygen atoms in total. The van der Waals surface area contributed by atoms with E-state index in [-0.39, 0.29) is 0 Å². The lowest BCUT2D eigenvalue weighted by Gasteiger charge is -2.14. The van der Waals surface area contributed by atoms with Gasteiger partial charge in [-0.3, -0.25) is 9.36 Å². The average Bonchev–Trinajstić information content (AvgIpc) is 3.02. The lowest BCUT2D eigenvalue weighted by molar-refractivity contribution is 0.462. The summed E-state index contributed by atoms with van der Waals surface area (Å²) >= 11 is 0. The molecular weight excluding hydrogens is 238 g/mol. The molecule has 0 spiro atoms. The van der Waals surface area contributed by atoms with Gasteiger partial charge in [0.2, 0.25) is 0 Å². The van der Waals surface area contributed by atoms with Gasteiger partial charge in [0, 0.05) is 18.8 Å². The molecule has 0 radical (unpaired) electrons. The molecule has 19 heavy (non-hydrogen) atoms. The normalized spacial score (nSPS) is 12.6. The molecule has 0 fully saturated rings. The van der Waals surface area contributed by atoms with Crippen molar-refractivity contribution in [3.8, 4) is 0 Å². The first-order chi connectivity index (χ1) is 9.17. The van der Waals surface area contributed by atoms with Crippen molar-refractivity contribution in [1.29, 1.82) is 0 Å². The Morgan fingerprint density at radius 3 is 2.74 bits per heavy atom. The van der Waals surface area contributed by atoms with Crippen molar-refractivity contribution in [3.05, 3.63) is 29.8 Å². The fourth-order valence-electron chi connectivity index (χ4n) is 2.18. The van der Waals surface area contributed by atoms with Crippen LogP contribution in [0.3, 0.4) is 0 Å². The molecule has 0 saturated carbocycles. The number of nitrogens with zero attached hydrogens (tertiary/aromatic N) is 4. The Labute approximate surface area is 114 Å². The minimum Gasteiger partial charge on any atom is -0.377 e. The quantitative estimate of drug-likeness (QED) is 0.869. The molecule has 0 aromatic carbocycles. The summed E-state index contributed by atoms with van der Waals surface area (Å²) in [6.07, 6.45) is 4.84. The number of hydrogen-bond acceptors (Lipinski definition) is 3. The summed E-state index contributed by atoms with van der Waals surface area (Å²) in [5.41, 5.74) is 3.48. The van der Waals surface area contributed by atoms with Crippen LogP contribution in [0.1, 0.15) is 44.6 Å². The van der Waals surface area contributed by atoms with Gasteiger partial charge in [-0.05, 0) is 33.3 Å². The Bertz CT molecular complexity index is 526. The molecule has 0 unspecified atom stereocenters. The van der Waals surface area contributed by atoms with E-state index in [0.717, 1.165) is 25.2 Å². The molecule has 2 aromatic heterocycles. The molecule has 0 aliphatic heterocycles. The van der Waals surface area contributed by atoms with Crippen molar-refractivity contribution < 1.29 is 0 Å². The molecule has 0 aliphatic carbocycles. The number of anilines is 1. The zero-order valence-corrected chi connectivity index (χ0v) is 12.2. The van der Waals surface area contributed by atoms with Gasteiger partial charge in [0.05, 0.1) is 29.8 Å². The lowest BCUT2D eigenvalue weighted by atomic mass is 10.2. The van der Waals surface area contributed by atoms with Gasteiger partial charge < -0.3 is 5.32 Å². The van der Waals surface area contributed by atoms with Crippen molar-refractivity contribution in [1.82, 2.24) is 19.6 Å². The van der Waals surface area contributed by atoms with Crippen molar-refractivity contribution in [2.75, 3.05) is 5.32 Å². The molecule has 1 N–H and O–H groups in total. The Morgan fingerprint density at radius 2 is 2.11 bits per heavy atom. The van der Waals surface area contributed by atoms with Crippen LogP contribution in [0.25, 0.3) is 0 Å². The van der Waals surface area contributed by atoms with Gasteiger partial charge in [0.25, 0.3) is 0 Å². The second-order valence-corrected chi connectivity index (χ2v) is 4.84. The minimum atomic E-state index is 0.436. The van der Waals surface area contributed by atoms with Crippen LogP contribution >= 0.6 is 0 Å². The molecule has 2 aromatic rings. The second-order valence-electron chi connectivity index (χ2n) is 4.84. The Morgan fingerprint density at radius 1 is 1.32 bits per heavy atom. The van der Waals surface area contributed by atoms with E-state index in [2.05, 4.69) is 54.0 Å². The second kappa shape index (κ2) is 5.91. The van der Waals surface area contributed by atoms with Gasteiger partial charge in [-0.25, -0.2) is 0 Å². The highest BCUT2D eigenvalue weighted by Gasteiger charge is 2.09. The molecule has 0 saturated heterocycles. The summed E-state index contributed by atoms with van der Waals surface area (Å²) in [7, 11) is 0. The number of hydrogen-bond donors (Lipinski definition) is 1. The standard InChI is InChI=1S/C14H23N5/c1-5-11(3)19-13(7-8-16-19)9-15-14-10-17-18(6-2)12(14)4/h7-8,10-11,15H,5-6,9H2,1-4H3/t11-/m0/s1. The highest BCUT2D eigenvalue weighted by molar-refractivity contribution is 5.45. The van der Waals surface area contributed by atoms with Crippen LogP contribution < -0.4 is 5.32 Å². The van der Waals surface area contributed by atoms with Gasteiger partial charge in [0.1, 0.15) is 0 Å². The molecule has 104 valence electrons. The number of nitrogens with one attached hydrogen (secondary N) is 1. The van der Waals surface area contributed by atoms with Gasteiger partial charge in [-0.2, -0.15) is 10.2 Å². The smallest absolute Gasteiger partial charge is 0.0759 e. The molecule has 2 heterocycles. The van der Waals surface area contributed by atoms with Crippen LogP contribution in [-0.4, -0.2) is 19.6 Å². The highest BCUT2D eigenvalue weighted by atomic mass is 15.3. The van der Waals surface area contributed by atoms with Crippen LogP contribution in [0.15, 0.2) is 18.5 Å². The predicted molar refractivity (Wildman–Crippen MR) is 77.2 cm³/mol. The Kier molecular flexibility index (Phi) is 4.24. The monoisotopic (exact) mass is 261 g/mol. The van der Waals surface area contributed by atoms with E-state index in [1.165, 1.54) is 11.4 Å². The first kappa shape index (κ1) is 13.6. The van der Waals surface area contributed by atoms with Gasteiger partial charge in [-0.15, -0.1) is 0 Å². The van der Waals surface area contributed by atoms with Crippen LogP contribution in [-0.2, 0) is 13.1 Å². The SMILES string of the molecule is CC[C@H](C)n1nccc1CNc1cnn(CC)c1C. The van der Waals surface area contributed by atoms with Crippen molar-refractivity contribution in [2.45, 2.75) is 53.2 Å². The molecule has 1 atom stereocenters. The number of rotatable bonds is 6. The van der Waals surface area contributed by atoms with E-state index in [9.17, 15) is 0 Å². The van der Waals surface area contributed by atoms with Crippen LogP contribution in [0.5, 0.6) is 0 Å². The largest absolute Gasteiger partial charge is 0.377 e. The fraction of sp³-hybridized carbons (Fsp3) is 0.571. The molecule has 5 heteroatoms. The fourth-order valence-corrected chi connectivity index (χ4v) is 2.18. The van der Waals surface area contributed by atoms with E-state index in [1.54, 1.807) is 0 Å². The van der Waals surface area contributed by atoms with E-state index in [4.69, 9.17) is 0 Å². The highest BCUT2D eigenvalue weighted by Crippen LogP contribution is 2.17. The topological polar surface area (TPSA) is 47.7 Å². The number of aromatic nitrogens is 4. The number of aryl methyl sites for hydroxylation is 1. The maximum atomic E-state index is 4.40.